The van der Waals surface area contributed by atoms with Crippen LogP contribution in [0.2, 0.25) is 0 Å². The zero-order chi connectivity index (χ0) is 33.0. The quantitative estimate of drug-likeness (QED) is 0.0761. The second kappa shape index (κ2) is 21.4. The molecule has 0 saturated carbocycles. The second-order valence-electron chi connectivity index (χ2n) is 12.8. The molecule has 0 bridgehead atoms. The zero-order valence-electron chi connectivity index (χ0n) is 28.7. The summed E-state index contributed by atoms with van der Waals surface area (Å²) in [6.07, 6.45) is 21.8. The van der Waals surface area contributed by atoms with Crippen LogP contribution in [0.4, 0.5) is 0 Å². The van der Waals surface area contributed by atoms with E-state index < -0.39 is 0 Å². The number of hydrogen-bond donors (Lipinski definition) is 1. The SMILES string of the molecule is CCC(=C\C=C(/C)OCc1ccc(OC2CCN(CCC(C)C[C@@H](C)CC=O)CC2)cc1)/C(/C=C\N1CCNCC1)=C/C=C/C=O. The fraction of sp³-hybridized carbons (Fsp3) is 0.538. The van der Waals surface area contributed by atoms with Gasteiger partial charge in [0.1, 0.15) is 31.0 Å². The minimum Gasteiger partial charge on any atom is -0.494 e. The first kappa shape index (κ1) is 37.0. The van der Waals surface area contributed by atoms with Crippen LogP contribution in [-0.2, 0) is 20.9 Å². The summed E-state index contributed by atoms with van der Waals surface area (Å²) in [7, 11) is 0. The Kier molecular flexibility index (Phi) is 17.2. The molecule has 0 aromatic heterocycles. The fourth-order valence-corrected chi connectivity index (χ4v) is 5.95. The molecule has 1 unspecified atom stereocenters. The summed E-state index contributed by atoms with van der Waals surface area (Å²) in [5.74, 6) is 2.90. The largest absolute Gasteiger partial charge is 0.494 e. The normalized spacial score (nSPS) is 19.0. The number of carbonyl (C=O) groups excluding carboxylic acids is 2. The van der Waals surface area contributed by atoms with E-state index in [0.29, 0.717) is 24.9 Å². The highest BCUT2D eigenvalue weighted by Gasteiger charge is 2.21. The molecule has 2 aliphatic rings. The molecule has 1 aromatic carbocycles. The third-order valence-corrected chi connectivity index (χ3v) is 8.82. The maximum absolute atomic E-state index is 10.8. The number of carbonyl (C=O) groups is 2. The van der Waals surface area contributed by atoms with Gasteiger partial charge in [-0.05, 0) is 111 Å². The number of nitrogens with zero attached hydrogens (tertiary/aromatic N) is 2. The van der Waals surface area contributed by atoms with E-state index in [1.807, 2.05) is 19.1 Å². The molecule has 0 aliphatic carbocycles. The molecule has 46 heavy (non-hydrogen) atoms. The summed E-state index contributed by atoms with van der Waals surface area (Å²) < 4.78 is 12.4. The summed E-state index contributed by atoms with van der Waals surface area (Å²) in [5, 5.41) is 3.38. The van der Waals surface area contributed by atoms with Crippen molar-refractivity contribution in [2.75, 3.05) is 45.8 Å². The van der Waals surface area contributed by atoms with Crippen LogP contribution >= 0.6 is 0 Å². The summed E-state index contributed by atoms with van der Waals surface area (Å²) >= 11 is 0. The van der Waals surface area contributed by atoms with E-state index >= 15 is 0 Å². The van der Waals surface area contributed by atoms with Crippen LogP contribution in [0, 0.1) is 11.8 Å². The van der Waals surface area contributed by atoms with E-state index in [2.05, 4.69) is 78.5 Å². The number of piperazine rings is 1. The number of likely N-dealkylation sites (tertiary alicyclic amines) is 1. The Hall–Kier alpha value is -3.42. The van der Waals surface area contributed by atoms with Crippen molar-refractivity contribution in [3.8, 4) is 5.75 Å². The van der Waals surface area contributed by atoms with Gasteiger partial charge in [-0.25, -0.2) is 0 Å². The van der Waals surface area contributed by atoms with Gasteiger partial charge in [-0.1, -0.05) is 51.1 Å². The van der Waals surface area contributed by atoms with Gasteiger partial charge in [0.25, 0.3) is 0 Å². The van der Waals surface area contributed by atoms with Crippen LogP contribution in [0.3, 0.4) is 0 Å². The van der Waals surface area contributed by atoms with Crippen molar-refractivity contribution in [2.45, 2.75) is 78.9 Å². The van der Waals surface area contributed by atoms with Crippen LogP contribution in [0.5, 0.6) is 5.75 Å². The predicted molar refractivity (Wildman–Crippen MR) is 189 cm³/mol. The van der Waals surface area contributed by atoms with Crippen molar-refractivity contribution in [3.05, 3.63) is 89.4 Å². The Morgan fingerprint density at radius 3 is 2.39 bits per heavy atom. The van der Waals surface area contributed by atoms with Crippen molar-refractivity contribution in [1.82, 2.24) is 15.1 Å². The van der Waals surface area contributed by atoms with E-state index in [-0.39, 0.29) is 6.10 Å². The lowest BCUT2D eigenvalue weighted by Crippen LogP contribution is -2.40. The van der Waals surface area contributed by atoms with Crippen molar-refractivity contribution in [3.63, 3.8) is 0 Å². The molecular formula is C39H57N3O4. The molecule has 7 nitrogen and oxygen atoms in total. The van der Waals surface area contributed by atoms with E-state index in [1.165, 1.54) is 18.1 Å². The lowest BCUT2D eigenvalue weighted by atomic mass is 9.92. The molecule has 0 spiro atoms. The van der Waals surface area contributed by atoms with Gasteiger partial charge in [0.2, 0.25) is 0 Å². The maximum Gasteiger partial charge on any atom is 0.142 e. The highest BCUT2D eigenvalue weighted by Crippen LogP contribution is 2.23. The molecule has 0 amide bonds. The van der Waals surface area contributed by atoms with Crippen molar-refractivity contribution < 1.29 is 19.1 Å². The van der Waals surface area contributed by atoms with E-state index in [4.69, 9.17) is 9.47 Å². The molecule has 1 N–H and O–H groups in total. The number of piperidine rings is 1. The van der Waals surface area contributed by atoms with Crippen LogP contribution in [0.25, 0.3) is 0 Å². The van der Waals surface area contributed by atoms with Gasteiger partial charge < -0.3 is 29.4 Å². The summed E-state index contributed by atoms with van der Waals surface area (Å²) in [6.45, 7) is 16.3. The first-order valence-electron chi connectivity index (χ1n) is 17.3. The predicted octanol–water partition coefficient (Wildman–Crippen LogP) is 7.03. The van der Waals surface area contributed by atoms with Crippen molar-refractivity contribution >= 4 is 12.6 Å². The molecule has 252 valence electrons. The number of hydrogen-bond acceptors (Lipinski definition) is 7. The van der Waals surface area contributed by atoms with Crippen molar-refractivity contribution in [1.29, 1.82) is 0 Å². The molecule has 1 aromatic rings. The third kappa shape index (κ3) is 14.3. The first-order valence-corrected chi connectivity index (χ1v) is 17.3. The number of rotatable bonds is 19. The minimum atomic E-state index is 0.257. The second-order valence-corrected chi connectivity index (χ2v) is 12.8. The summed E-state index contributed by atoms with van der Waals surface area (Å²) in [6, 6.07) is 8.27. The van der Waals surface area contributed by atoms with E-state index in [9.17, 15) is 9.59 Å². The lowest BCUT2D eigenvalue weighted by Gasteiger charge is -2.33. The number of nitrogens with one attached hydrogen (secondary N) is 1. The van der Waals surface area contributed by atoms with Gasteiger partial charge in [-0.15, -0.1) is 0 Å². The molecule has 2 aliphatic heterocycles. The Labute approximate surface area is 278 Å². The molecule has 7 heteroatoms. The minimum absolute atomic E-state index is 0.257. The van der Waals surface area contributed by atoms with Crippen molar-refractivity contribution in [2.24, 2.45) is 11.8 Å². The van der Waals surface area contributed by atoms with Gasteiger partial charge >= 0.3 is 0 Å². The monoisotopic (exact) mass is 631 g/mol. The fourth-order valence-electron chi connectivity index (χ4n) is 5.95. The number of ether oxygens (including phenoxy) is 2. The summed E-state index contributed by atoms with van der Waals surface area (Å²) in [4.78, 5) is 26.4. The third-order valence-electron chi connectivity index (χ3n) is 8.82. The number of allylic oxidation sites excluding steroid dienone is 9. The lowest BCUT2D eigenvalue weighted by molar-refractivity contribution is -0.108. The smallest absolute Gasteiger partial charge is 0.142 e. The van der Waals surface area contributed by atoms with Gasteiger partial charge in [-0.3, -0.25) is 4.79 Å². The maximum atomic E-state index is 10.8. The Morgan fingerprint density at radius 1 is 0.978 bits per heavy atom. The van der Waals surface area contributed by atoms with Gasteiger partial charge in [0.15, 0.2) is 0 Å². The highest BCUT2D eigenvalue weighted by atomic mass is 16.5. The van der Waals surface area contributed by atoms with Crippen LogP contribution < -0.4 is 10.1 Å². The molecule has 0 radical (unpaired) electrons. The molecule has 2 fully saturated rings. The molecule has 2 heterocycles. The van der Waals surface area contributed by atoms with Gasteiger partial charge in [-0.2, -0.15) is 0 Å². The molecule has 3 rings (SSSR count). The van der Waals surface area contributed by atoms with Crippen LogP contribution in [0.1, 0.15) is 71.8 Å². The van der Waals surface area contributed by atoms with E-state index in [1.54, 1.807) is 6.08 Å². The van der Waals surface area contributed by atoms with Crippen LogP contribution in [0.15, 0.2) is 83.8 Å². The average Bonchev–Trinajstić information content (AvgIpc) is 3.07. The highest BCUT2D eigenvalue weighted by molar-refractivity contribution is 5.65. The Bertz CT molecular complexity index is 1190. The summed E-state index contributed by atoms with van der Waals surface area (Å²) in [5.41, 5.74) is 3.35. The number of aldehydes is 2. The van der Waals surface area contributed by atoms with Crippen LogP contribution in [-0.4, -0.2) is 74.3 Å². The first-order chi connectivity index (χ1) is 22.4. The number of benzene rings is 1. The molecule has 2 atom stereocenters. The average molecular weight is 632 g/mol. The van der Waals surface area contributed by atoms with Gasteiger partial charge in [0.05, 0.1) is 5.76 Å². The van der Waals surface area contributed by atoms with E-state index in [0.717, 1.165) is 107 Å². The Balaban J connectivity index is 1.44. The topological polar surface area (TPSA) is 71.1 Å². The zero-order valence-corrected chi connectivity index (χ0v) is 28.7. The molecular weight excluding hydrogens is 574 g/mol. The molecule has 2 saturated heterocycles. The van der Waals surface area contributed by atoms with Gasteiger partial charge in [0, 0.05) is 45.7 Å². The Morgan fingerprint density at radius 2 is 1.72 bits per heavy atom. The standard InChI is InChI=1S/C39H57N3O4/c1-5-36(37(8-6-7-28-43)16-23-42-26-20-40-21-27-42)12-9-34(4)45-31-35-10-13-38(14-11-35)46-39-17-24-41(25-18-39)22-15-32(2)30-33(3)19-29-44/h6-14,16,23,28-29,32-33,39-40H,5,15,17-22,24-27,30-31H2,1-4H3/b7-6+,23-16-,34-9+,36-12+,37-8+/t32?,33-/m0/s1.